The summed E-state index contributed by atoms with van der Waals surface area (Å²) in [5.41, 5.74) is 5.83. The molecule has 0 saturated carbocycles. The maximum absolute atomic E-state index is 12.9. The summed E-state index contributed by atoms with van der Waals surface area (Å²) in [5, 5.41) is 2.79. The largest absolute Gasteiger partial charge is 0.353 e. The van der Waals surface area contributed by atoms with Crippen LogP contribution in [0.2, 0.25) is 0 Å². The minimum Gasteiger partial charge on any atom is -0.353 e. The summed E-state index contributed by atoms with van der Waals surface area (Å²) in [6.45, 7) is 2.47. The van der Waals surface area contributed by atoms with Crippen LogP contribution in [0.5, 0.6) is 0 Å². The third-order valence-electron chi connectivity index (χ3n) is 2.60. The summed E-state index contributed by atoms with van der Waals surface area (Å²) in [4.78, 5) is 11.6. The minimum atomic E-state index is -0.934. The molecule has 3 N–H and O–H groups in total. The van der Waals surface area contributed by atoms with Crippen molar-refractivity contribution in [3.8, 4) is 0 Å². The predicted octanol–water partition coefficient (Wildman–Crippen LogP) is 1.75. The minimum absolute atomic E-state index is 0.0337. The summed E-state index contributed by atoms with van der Waals surface area (Å²) in [6, 6.07) is 3.50. The van der Waals surface area contributed by atoms with Gasteiger partial charge in [0.25, 0.3) is 0 Å². The smallest absolute Gasteiger partial charge is 0.224 e. The highest BCUT2D eigenvalue weighted by molar-refractivity contribution is 5.78. The molecule has 0 radical (unpaired) electrons. The average molecular weight is 256 g/mol. The van der Waals surface area contributed by atoms with E-state index in [9.17, 15) is 13.6 Å². The lowest BCUT2D eigenvalue weighted by molar-refractivity contribution is -0.121. The second-order valence-corrected chi connectivity index (χ2v) is 4.32. The van der Waals surface area contributed by atoms with Gasteiger partial charge in [-0.3, -0.25) is 4.79 Å². The molecule has 0 fully saturated rings. The van der Waals surface area contributed by atoms with E-state index in [2.05, 4.69) is 5.32 Å². The van der Waals surface area contributed by atoms with Crippen molar-refractivity contribution in [3.63, 3.8) is 0 Å². The van der Waals surface area contributed by atoms with Gasteiger partial charge in [-0.2, -0.15) is 0 Å². The highest BCUT2D eigenvalue weighted by Gasteiger charge is 2.09. The van der Waals surface area contributed by atoms with E-state index in [0.717, 1.165) is 25.0 Å². The Bertz CT molecular complexity index is 410. The number of halogens is 2. The van der Waals surface area contributed by atoms with Crippen molar-refractivity contribution < 1.29 is 13.6 Å². The van der Waals surface area contributed by atoms with Crippen molar-refractivity contribution >= 4 is 5.91 Å². The van der Waals surface area contributed by atoms with Crippen molar-refractivity contribution in [2.75, 3.05) is 6.54 Å². The first-order chi connectivity index (χ1) is 8.52. The fraction of sp³-hybridized carbons (Fsp3) is 0.462. The molecule has 0 aliphatic heterocycles. The van der Waals surface area contributed by atoms with E-state index in [4.69, 9.17) is 5.73 Å². The Balaban J connectivity index is 2.46. The molecule has 0 bridgehead atoms. The molecule has 0 aliphatic rings. The summed E-state index contributed by atoms with van der Waals surface area (Å²) in [6.07, 6.45) is 1.69. The lowest BCUT2D eigenvalue weighted by Crippen LogP contribution is -2.34. The van der Waals surface area contributed by atoms with E-state index in [1.165, 1.54) is 6.07 Å². The molecule has 0 aliphatic carbocycles. The normalized spacial score (nSPS) is 12.2. The molecule has 0 aromatic heterocycles. The van der Waals surface area contributed by atoms with E-state index in [1.54, 1.807) is 0 Å². The Hall–Kier alpha value is -1.49. The SMILES string of the molecule is CC(CCCN)NC(=O)Cc1ccc(F)c(F)c1. The van der Waals surface area contributed by atoms with Gasteiger partial charge in [0.15, 0.2) is 11.6 Å². The highest BCUT2D eigenvalue weighted by atomic mass is 19.2. The number of carbonyl (C=O) groups is 1. The number of carbonyl (C=O) groups excluding carboxylic acids is 1. The topological polar surface area (TPSA) is 55.1 Å². The number of hydrogen-bond acceptors (Lipinski definition) is 2. The van der Waals surface area contributed by atoms with Gasteiger partial charge in [0.05, 0.1) is 6.42 Å². The number of nitrogens with two attached hydrogens (primary N) is 1. The molecule has 1 atom stereocenters. The average Bonchev–Trinajstić information content (AvgIpc) is 2.31. The zero-order chi connectivity index (χ0) is 13.5. The fourth-order valence-electron chi connectivity index (χ4n) is 1.66. The summed E-state index contributed by atoms with van der Waals surface area (Å²) in [5.74, 6) is -2.04. The molecular weight excluding hydrogens is 238 g/mol. The lowest BCUT2D eigenvalue weighted by atomic mass is 10.1. The first-order valence-corrected chi connectivity index (χ1v) is 5.96. The van der Waals surface area contributed by atoms with Crippen molar-refractivity contribution in [3.05, 3.63) is 35.4 Å². The van der Waals surface area contributed by atoms with Gasteiger partial charge < -0.3 is 11.1 Å². The number of nitrogens with one attached hydrogen (secondary N) is 1. The molecule has 1 aromatic carbocycles. The molecule has 1 amide bonds. The van der Waals surface area contributed by atoms with Crippen LogP contribution in [0, 0.1) is 11.6 Å². The molecule has 1 unspecified atom stereocenters. The Kier molecular flexibility index (Phi) is 5.71. The van der Waals surface area contributed by atoms with Crippen LogP contribution >= 0.6 is 0 Å². The van der Waals surface area contributed by atoms with E-state index < -0.39 is 11.6 Å². The van der Waals surface area contributed by atoms with Crippen molar-refractivity contribution in [2.24, 2.45) is 5.73 Å². The second kappa shape index (κ2) is 7.06. The lowest BCUT2D eigenvalue weighted by Gasteiger charge is -2.13. The van der Waals surface area contributed by atoms with Gasteiger partial charge in [-0.1, -0.05) is 6.07 Å². The fourth-order valence-corrected chi connectivity index (χ4v) is 1.66. The molecule has 0 saturated heterocycles. The van der Waals surface area contributed by atoms with Crippen LogP contribution in [0.25, 0.3) is 0 Å². The maximum Gasteiger partial charge on any atom is 0.224 e. The third-order valence-corrected chi connectivity index (χ3v) is 2.60. The molecule has 3 nitrogen and oxygen atoms in total. The second-order valence-electron chi connectivity index (χ2n) is 4.32. The van der Waals surface area contributed by atoms with Crippen molar-refractivity contribution in [1.29, 1.82) is 0 Å². The van der Waals surface area contributed by atoms with Gasteiger partial charge in [0.1, 0.15) is 0 Å². The molecular formula is C13H18F2N2O. The molecule has 18 heavy (non-hydrogen) atoms. The van der Waals surface area contributed by atoms with Gasteiger partial charge in [0.2, 0.25) is 5.91 Å². The molecule has 0 spiro atoms. The number of benzene rings is 1. The quantitative estimate of drug-likeness (QED) is 0.814. The van der Waals surface area contributed by atoms with Gasteiger partial charge in [0, 0.05) is 6.04 Å². The van der Waals surface area contributed by atoms with Crippen LogP contribution in [0.15, 0.2) is 18.2 Å². The van der Waals surface area contributed by atoms with Crippen LogP contribution < -0.4 is 11.1 Å². The van der Waals surface area contributed by atoms with Gasteiger partial charge in [-0.05, 0) is 44.0 Å². The summed E-state index contributed by atoms with van der Waals surface area (Å²) in [7, 11) is 0. The summed E-state index contributed by atoms with van der Waals surface area (Å²) >= 11 is 0. The zero-order valence-corrected chi connectivity index (χ0v) is 10.4. The van der Waals surface area contributed by atoms with E-state index >= 15 is 0 Å². The van der Waals surface area contributed by atoms with E-state index in [-0.39, 0.29) is 18.4 Å². The van der Waals surface area contributed by atoms with Gasteiger partial charge in [-0.15, -0.1) is 0 Å². The number of hydrogen-bond donors (Lipinski definition) is 2. The van der Waals surface area contributed by atoms with Crippen LogP contribution in [-0.2, 0) is 11.2 Å². The zero-order valence-electron chi connectivity index (χ0n) is 10.4. The van der Waals surface area contributed by atoms with Crippen molar-refractivity contribution in [2.45, 2.75) is 32.2 Å². The monoisotopic (exact) mass is 256 g/mol. The Morgan fingerprint density at radius 1 is 1.39 bits per heavy atom. The molecule has 1 aromatic rings. The maximum atomic E-state index is 12.9. The highest BCUT2D eigenvalue weighted by Crippen LogP contribution is 2.09. The Labute approximate surface area is 105 Å². The van der Waals surface area contributed by atoms with Gasteiger partial charge in [-0.25, -0.2) is 8.78 Å². The Morgan fingerprint density at radius 3 is 2.72 bits per heavy atom. The molecule has 5 heteroatoms. The van der Waals surface area contributed by atoms with E-state index in [1.807, 2.05) is 6.92 Å². The third kappa shape index (κ3) is 4.79. The van der Waals surface area contributed by atoms with Crippen LogP contribution in [0.1, 0.15) is 25.3 Å². The number of rotatable bonds is 6. The molecule has 0 heterocycles. The van der Waals surface area contributed by atoms with E-state index in [0.29, 0.717) is 12.1 Å². The van der Waals surface area contributed by atoms with Crippen LogP contribution in [-0.4, -0.2) is 18.5 Å². The van der Waals surface area contributed by atoms with Crippen molar-refractivity contribution in [1.82, 2.24) is 5.32 Å². The first kappa shape index (κ1) is 14.6. The van der Waals surface area contributed by atoms with Crippen LogP contribution in [0.3, 0.4) is 0 Å². The Morgan fingerprint density at radius 2 is 2.11 bits per heavy atom. The predicted molar refractivity (Wildman–Crippen MR) is 66.0 cm³/mol. The standard InChI is InChI=1S/C13H18F2N2O/c1-9(3-2-6-16)17-13(18)8-10-4-5-11(14)12(15)7-10/h4-5,7,9H,2-3,6,8,16H2,1H3,(H,17,18). The number of amides is 1. The molecule has 100 valence electrons. The summed E-state index contributed by atoms with van der Waals surface area (Å²) < 4.78 is 25.6. The van der Waals surface area contributed by atoms with Crippen LogP contribution in [0.4, 0.5) is 8.78 Å². The van der Waals surface area contributed by atoms with Gasteiger partial charge >= 0.3 is 0 Å². The molecule has 1 rings (SSSR count). The first-order valence-electron chi connectivity index (χ1n) is 5.96.